The molecule has 0 aliphatic heterocycles. The van der Waals surface area contributed by atoms with Crippen LogP contribution in [-0.2, 0) is 6.18 Å². The van der Waals surface area contributed by atoms with Crippen LogP contribution in [0.1, 0.15) is 17.0 Å². The molecule has 21 heavy (non-hydrogen) atoms. The Hall–Kier alpha value is -2.16. The lowest BCUT2D eigenvalue weighted by atomic mass is 10.1. The fraction of sp³-hybridized carbons (Fsp3) is 0.273. The summed E-state index contributed by atoms with van der Waals surface area (Å²) in [5, 5.41) is 6.91. The van der Waals surface area contributed by atoms with Crippen LogP contribution >= 0.6 is 11.6 Å². The minimum Gasteiger partial charge on any atom is -0.334 e. The average molecular weight is 318 g/mol. The summed E-state index contributed by atoms with van der Waals surface area (Å²) in [6, 6.07) is 0. The Kier molecular flexibility index (Phi) is 2.90. The number of fused-ring (bicyclic) bond motifs is 1. The predicted molar refractivity (Wildman–Crippen MR) is 65.8 cm³/mol. The minimum atomic E-state index is -4.69. The van der Waals surface area contributed by atoms with Crippen molar-refractivity contribution in [1.29, 1.82) is 0 Å². The highest BCUT2D eigenvalue weighted by Gasteiger charge is 2.38. The zero-order valence-electron chi connectivity index (χ0n) is 10.7. The molecule has 0 radical (unpaired) electrons. The number of aryl methyl sites for hydroxylation is 1. The van der Waals surface area contributed by atoms with Crippen LogP contribution < -0.4 is 0 Å². The highest BCUT2D eigenvalue weighted by molar-refractivity contribution is 6.32. The van der Waals surface area contributed by atoms with Crippen molar-refractivity contribution in [2.75, 3.05) is 0 Å². The Morgan fingerprint density at radius 2 is 1.95 bits per heavy atom. The first-order valence-electron chi connectivity index (χ1n) is 5.70. The van der Waals surface area contributed by atoms with Gasteiger partial charge in [0.05, 0.1) is 5.56 Å². The predicted octanol–water partition coefficient (Wildman–Crippen LogP) is 3.07. The van der Waals surface area contributed by atoms with E-state index < -0.39 is 12.0 Å². The molecule has 0 unspecified atom stereocenters. The number of alkyl halides is 3. The average Bonchev–Trinajstić information content (AvgIpc) is 3.04. The fourth-order valence-corrected chi connectivity index (χ4v) is 2.29. The molecule has 3 heterocycles. The second kappa shape index (κ2) is 4.42. The number of halogens is 4. The fourth-order valence-electron chi connectivity index (χ4n) is 1.95. The van der Waals surface area contributed by atoms with Crippen LogP contribution in [0.4, 0.5) is 13.2 Å². The normalized spacial score (nSPS) is 12.3. The maximum absolute atomic E-state index is 12.6. The van der Waals surface area contributed by atoms with Crippen LogP contribution in [0.5, 0.6) is 0 Å². The first-order valence-corrected chi connectivity index (χ1v) is 6.08. The Bertz CT molecular complexity index is 838. The zero-order chi connectivity index (χ0) is 15.4. The number of rotatable bonds is 1. The molecule has 3 aromatic heterocycles. The van der Waals surface area contributed by atoms with E-state index >= 15 is 0 Å². The molecule has 0 aliphatic rings. The summed E-state index contributed by atoms with van der Waals surface area (Å²) in [6.45, 7) is 3.43. The molecule has 0 bridgehead atoms. The van der Waals surface area contributed by atoms with Gasteiger partial charge in [0.15, 0.2) is 5.65 Å². The van der Waals surface area contributed by atoms with E-state index in [9.17, 15) is 13.2 Å². The largest absolute Gasteiger partial charge is 0.455 e. The maximum Gasteiger partial charge on any atom is 0.455 e. The number of aromatic nitrogens is 5. The lowest BCUT2D eigenvalue weighted by molar-refractivity contribution is -0.146. The van der Waals surface area contributed by atoms with Crippen LogP contribution in [0.2, 0.25) is 5.15 Å². The highest BCUT2D eigenvalue weighted by atomic mass is 35.5. The molecular weight excluding hydrogens is 311 g/mol. The van der Waals surface area contributed by atoms with Crippen molar-refractivity contribution in [2.45, 2.75) is 20.0 Å². The van der Waals surface area contributed by atoms with Gasteiger partial charge in [-0.2, -0.15) is 23.3 Å². The van der Waals surface area contributed by atoms with Gasteiger partial charge in [-0.1, -0.05) is 16.8 Å². The second-order valence-corrected chi connectivity index (χ2v) is 4.69. The first-order chi connectivity index (χ1) is 9.80. The highest BCUT2D eigenvalue weighted by Crippen LogP contribution is 2.35. The molecule has 3 aromatic rings. The van der Waals surface area contributed by atoms with Gasteiger partial charge in [-0.05, 0) is 25.0 Å². The van der Waals surface area contributed by atoms with Crippen LogP contribution in [0.15, 0.2) is 10.9 Å². The lowest BCUT2D eigenvalue weighted by Gasteiger charge is -2.09. The molecule has 0 saturated heterocycles. The quantitative estimate of drug-likeness (QED) is 0.645. The smallest absolute Gasteiger partial charge is 0.334 e. The summed E-state index contributed by atoms with van der Waals surface area (Å²) in [5.74, 6) is -1.67. The number of nitrogens with zero attached hydrogens (tertiary/aromatic N) is 5. The van der Waals surface area contributed by atoms with Crippen LogP contribution in [0, 0.1) is 13.8 Å². The van der Waals surface area contributed by atoms with E-state index in [0.29, 0.717) is 16.8 Å². The maximum atomic E-state index is 12.6. The third kappa shape index (κ3) is 2.04. The monoisotopic (exact) mass is 317 g/mol. The van der Waals surface area contributed by atoms with Crippen molar-refractivity contribution in [3.05, 3.63) is 28.4 Å². The van der Waals surface area contributed by atoms with E-state index in [1.165, 1.54) is 10.8 Å². The van der Waals surface area contributed by atoms with Crippen molar-refractivity contribution in [3.8, 4) is 11.5 Å². The van der Waals surface area contributed by atoms with Gasteiger partial charge in [-0.15, -0.1) is 0 Å². The van der Waals surface area contributed by atoms with E-state index in [4.69, 9.17) is 16.1 Å². The third-order valence-electron chi connectivity index (χ3n) is 3.11. The van der Waals surface area contributed by atoms with Crippen molar-refractivity contribution >= 4 is 17.2 Å². The number of pyridine rings is 1. The summed E-state index contributed by atoms with van der Waals surface area (Å²) >= 11 is 6.17. The Morgan fingerprint density at radius 1 is 1.24 bits per heavy atom. The van der Waals surface area contributed by atoms with Gasteiger partial charge in [0.25, 0.3) is 11.7 Å². The Balaban J connectivity index is 2.27. The van der Waals surface area contributed by atoms with Gasteiger partial charge >= 0.3 is 6.18 Å². The van der Waals surface area contributed by atoms with E-state index in [-0.39, 0.29) is 16.6 Å². The second-order valence-electron chi connectivity index (χ2n) is 4.33. The molecule has 0 aliphatic carbocycles. The van der Waals surface area contributed by atoms with Crippen LogP contribution in [0.25, 0.3) is 17.1 Å². The molecule has 0 aromatic carbocycles. The van der Waals surface area contributed by atoms with Gasteiger partial charge in [-0.25, -0.2) is 9.50 Å². The molecule has 0 fully saturated rings. The summed E-state index contributed by atoms with van der Waals surface area (Å²) in [7, 11) is 0. The van der Waals surface area contributed by atoms with Crippen molar-refractivity contribution in [1.82, 2.24) is 24.7 Å². The van der Waals surface area contributed by atoms with Gasteiger partial charge < -0.3 is 4.52 Å². The van der Waals surface area contributed by atoms with Gasteiger partial charge in [0, 0.05) is 0 Å². The lowest BCUT2D eigenvalue weighted by Crippen LogP contribution is -2.07. The van der Waals surface area contributed by atoms with Gasteiger partial charge in [0.2, 0.25) is 0 Å². The number of hydrogen-bond donors (Lipinski definition) is 0. The Labute approximate surface area is 120 Å². The standard InChI is InChI=1S/C11H7ClF3N5O/c1-4-5(2)8-16-3-17-20(8)7(12)6(4)9-18-10(19-21-9)11(13,14)15/h3H,1-2H3. The molecule has 110 valence electrons. The van der Waals surface area contributed by atoms with E-state index in [2.05, 4.69) is 20.2 Å². The van der Waals surface area contributed by atoms with Crippen molar-refractivity contribution in [2.24, 2.45) is 0 Å². The van der Waals surface area contributed by atoms with E-state index in [0.717, 1.165) is 0 Å². The summed E-state index contributed by atoms with van der Waals surface area (Å²) < 4.78 is 43.7. The van der Waals surface area contributed by atoms with Gasteiger partial charge in [-0.3, -0.25) is 0 Å². The molecular formula is C11H7ClF3N5O. The first kappa shape index (κ1) is 13.8. The third-order valence-corrected chi connectivity index (χ3v) is 3.46. The zero-order valence-corrected chi connectivity index (χ0v) is 11.5. The van der Waals surface area contributed by atoms with E-state index in [1.54, 1.807) is 13.8 Å². The SMILES string of the molecule is Cc1c(-c2nc(C(F)(F)F)no2)c(Cl)n2ncnc2c1C. The summed E-state index contributed by atoms with van der Waals surface area (Å²) in [5.41, 5.74) is 2.02. The topological polar surface area (TPSA) is 69.1 Å². The van der Waals surface area contributed by atoms with Crippen LogP contribution in [0.3, 0.4) is 0 Å². The van der Waals surface area contributed by atoms with Gasteiger partial charge in [0.1, 0.15) is 11.5 Å². The molecule has 0 spiro atoms. The molecule has 6 nitrogen and oxygen atoms in total. The molecule has 3 rings (SSSR count). The summed E-state index contributed by atoms with van der Waals surface area (Å²) in [4.78, 5) is 7.40. The van der Waals surface area contributed by atoms with E-state index in [1.807, 2.05) is 0 Å². The van der Waals surface area contributed by atoms with Crippen molar-refractivity contribution < 1.29 is 17.7 Å². The Morgan fingerprint density at radius 3 is 2.57 bits per heavy atom. The van der Waals surface area contributed by atoms with Crippen LogP contribution in [-0.4, -0.2) is 24.7 Å². The molecule has 0 N–H and O–H groups in total. The molecule has 10 heteroatoms. The minimum absolute atomic E-state index is 0.0583. The molecule has 0 saturated carbocycles. The molecule has 0 amide bonds. The summed E-state index contributed by atoms with van der Waals surface area (Å²) in [6.07, 6.45) is -3.39. The van der Waals surface area contributed by atoms with Crippen molar-refractivity contribution in [3.63, 3.8) is 0 Å². The molecule has 0 atom stereocenters. The number of hydrogen-bond acceptors (Lipinski definition) is 5.